The molecule has 1 unspecified atom stereocenters. The second-order valence-electron chi connectivity index (χ2n) is 7.40. The number of aliphatic imine (C=N–C) groups is 1. The number of para-hydroxylation sites is 1. The molecule has 0 bridgehead atoms. The van der Waals surface area contributed by atoms with Crippen LogP contribution in [0.1, 0.15) is 16.7 Å². The highest BCUT2D eigenvalue weighted by atomic mass is 16.6. The first-order valence-electron chi connectivity index (χ1n) is 10.1. The van der Waals surface area contributed by atoms with Crippen molar-refractivity contribution >= 4 is 12.0 Å². The quantitative estimate of drug-likeness (QED) is 0.519. The number of aromatic nitrogens is 2. The van der Waals surface area contributed by atoms with Crippen molar-refractivity contribution in [2.24, 2.45) is 4.99 Å². The minimum Gasteiger partial charge on any atom is -0.441 e. The second-order valence-corrected chi connectivity index (χ2v) is 7.40. The molecule has 1 aliphatic heterocycles. The molecule has 2 heterocycles. The van der Waals surface area contributed by atoms with Crippen molar-refractivity contribution < 1.29 is 9.84 Å². The van der Waals surface area contributed by atoms with Crippen LogP contribution in [0.5, 0.6) is 0 Å². The number of nitrogens with zero attached hydrogens (tertiary/aromatic N) is 3. The van der Waals surface area contributed by atoms with Crippen molar-refractivity contribution in [1.29, 1.82) is 0 Å². The molecule has 5 nitrogen and oxygen atoms in total. The number of aliphatic hydroxyl groups is 1. The second kappa shape index (κ2) is 8.05. The summed E-state index contributed by atoms with van der Waals surface area (Å²) in [6, 6.07) is 27.8. The highest BCUT2D eigenvalue weighted by molar-refractivity contribution is 5.97. The van der Waals surface area contributed by atoms with Crippen LogP contribution in [-0.4, -0.2) is 27.1 Å². The smallest absolute Gasteiger partial charge is 0.243 e. The molecule has 1 atom stereocenters. The summed E-state index contributed by atoms with van der Waals surface area (Å²) in [5.74, 6) is 0.412. The zero-order valence-corrected chi connectivity index (χ0v) is 17.0. The van der Waals surface area contributed by atoms with Gasteiger partial charge in [-0.25, -0.2) is 9.67 Å². The molecule has 0 radical (unpaired) electrons. The van der Waals surface area contributed by atoms with E-state index in [4.69, 9.17) is 9.84 Å². The van der Waals surface area contributed by atoms with Gasteiger partial charge in [0.05, 0.1) is 5.69 Å². The van der Waals surface area contributed by atoms with Crippen LogP contribution in [0.2, 0.25) is 0 Å². The fourth-order valence-corrected chi connectivity index (χ4v) is 3.48. The van der Waals surface area contributed by atoms with Crippen molar-refractivity contribution in [3.05, 3.63) is 114 Å². The van der Waals surface area contributed by atoms with Crippen LogP contribution >= 0.6 is 0 Å². The van der Waals surface area contributed by atoms with Crippen LogP contribution in [0.25, 0.3) is 23.0 Å². The summed E-state index contributed by atoms with van der Waals surface area (Å²) >= 11 is 0. The molecule has 5 rings (SSSR count). The van der Waals surface area contributed by atoms with Gasteiger partial charge in [0.2, 0.25) is 12.2 Å². The van der Waals surface area contributed by atoms with E-state index in [9.17, 15) is 5.11 Å². The number of ether oxygens (including phenoxy) is 1. The molecule has 0 amide bonds. The lowest BCUT2D eigenvalue weighted by molar-refractivity contribution is 0.0178. The number of benzene rings is 3. The number of aliphatic hydroxyl groups excluding tert-OH is 1. The first-order valence-corrected chi connectivity index (χ1v) is 10.1. The van der Waals surface area contributed by atoms with E-state index >= 15 is 0 Å². The lowest BCUT2D eigenvalue weighted by atomic mass is 10.1. The van der Waals surface area contributed by atoms with Gasteiger partial charge in [0.1, 0.15) is 11.4 Å². The first kappa shape index (κ1) is 19.0. The third-order valence-corrected chi connectivity index (χ3v) is 5.12. The summed E-state index contributed by atoms with van der Waals surface area (Å²) in [5.41, 5.74) is 6.03. The molecule has 0 fully saturated rings. The van der Waals surface area contributed by atoms with E-state index in [1.54, 1.807) is 0 Å². The summed E-state index contributed by atoms with van der Waals surface area (Å²) in [6.07, 6.45) is 2.65. The average Bonchev–Trinajstić information content (AvgIpc) is 3.40. The van der Waals surface area contributed by atoms with Crippen LogP contribution in [0.15, 0.2) is 102 Å². The largest absolute Gasteiger partial charge is 0.441 e. The van der Waals surface area contributed by atoms with Crippen LogP contribution in [0, 0.1) is 6.92 Å². The normalized spacial score (nSPS) is 16.9. The molecule has 0 spiro atoms. The molecule has 3 aromatic carbocycles. The van der Waals surface area contributed by atoms with Crippen LogP contribution < -0.4 is 0 Å². The molecule has 0 saturated carbocycles. The molecule has 0 aliphatic carbocycles. The van der Waals surface area contributed by atoms with Crippen molar-refractivity contribution in [2.45, 2.75) is 13.2 Å². The maximum atomic E-state index is 10.5. The standard InChI is InChI=1S/C26H21N3O2/c1-18-12-14-20(15-13-18)25-27-23(26(30)31-25)16-21-17-29(22-10-6-3-7-11-22)28-24(21)19-8-4-2-5-9-19/h2-17,26,30H,1H3/b23-16-. The predicted octanol–water partition coefficient (Wildman–Crippen LogP) is 4.98. The first-order chi connectivity index (χ1) is 15.2. The van der Waals surface area contributed by atoms with Gasteiger partial charge in [-0.05, 0) is 37.3 Å². The van der Waals surface area contributed by atoms with E-state index in [1.807, 2.05) is 109 Å². The maximum Gasteiger partial charge on any atom is 0.243 e. The van der Waals surface area contributed by atoms with Crippen LogP contribution in [-0.2, 0) is 4.74 Å². The van der Waals surface area contributed by atoms with Gasteiger partial charge in [0, 0.05) is 22.9 Å². The monoisotopic (exact) mass is 407 g/mol. The molecule has 0 saturated heterocycles. The number of rotatable bonds is 4. The SMILES string of the molecule is Cc1ccc(C2=N/C(=C\c3cn(-c4ccccc4)nc3-c3ccccc3)C(O)O2)cc1. The predicted molar refractivity (Wildman–Crippen MR) is 122 cm³/mol. The highest BCUT2D eigenvalue weighted by Crippen LogP contribution is 2.28. The Balaban J connectivity index is 1.58. The van der Waals surface area contributed by atoms with Gasteiger partial charge in [-0.2, -0.15) is 5.10 Å². The zero-order valence-electron chi connectivity index (χ0n) is 17.0. The Labute approximate surface area is 180 Å². The number of hydrogen-bond donors (Lipinski definition) is 1. The Hall–Kier alpha value is -3.96. The van der Waals surface area contributed by atoms with E-state index in [2.05, 4.69) is 4.99 Å². The lowest BCUT2D eigenvalue weighted by Crippen LogP contribution is -2.11. The number of aryl methyl sites for hydroxylation is 1. The van der Waals surface area contributed by atoms with Crippen molar-refractivity contribution in [1.82, 2.24) is 9.78 Å². The van der Waals surface area contributed by atoms with E-state index in [1.165, 1.54) is 0 Å². The fraction of sp³-hybridized carbons (Fsp3) is 0.0769. The molecule has 1 N–H and O–H groups in total. The zero-order chi connectivity index (χ0) is 21.2. The van der Waals surface area contributed by atoms with Gasteiger partial charge < -0.3 is 9.84 Å². The van der Waals surface area contributed by atoms with Crippen molar-refractivity contribution in [2.75, 3.05) is 0 Å². The molecular weight excluding hydrogens is 386 g/mol. The van der Waals surface area contributed by atoms with E-state index in [-0.39, 0.29) is 0 Å². The summed E-state index contributed by atoms with van der Waals surface area (Å²) in [6.45, 7) is 2.02. The molecule has 4 aromatic rings. The third kappa shape index (κ3) is 3.91. The Morgan fingerprint density at radius 2 is 1.55 bits per heavy atom. The van der Waals surface area contributed by atoms with Crippen LogP contribution in [0.4, 0.5) is 0 Å². The van der Waals surface area contributed by atoms with Gasteiger partial charge in [-0.3, -0.25) is 0 Å². The van der Waals surface area contributed by atoms with E-state index in [0.29, 0.717) is 11.6 Å². The third-order valence-electron chi connectivity index (χ3n) is 5.12. The maximum absolute atomic E-state index is 10.5. The van der Waals surface area contributed by atoms with E-state index in [0.717, 1.165) is 33.6 Å². The molecule has 152 valence electrons. The van der Waals surface area contributed by atoms with Gasteiger partial charge in [0.15, 0.2) is 0 Å². The Morgan fingerprint density at radius 3 is 2.26 bits per heavy atom. The van der Waals surface area contributed by atoms with Crippen molar-refractivity contribution in [3.8, 4) is 16.9 Å². The Morgan fingerprint density at radius 1 is 0.871 bits per heavy atom. The average molecular weight is 407 g/mol. The van der Waals surface area contributed by atoms with Gasteiger partial charge in [-0.15, -0.1) is 0 Å². The summed E-state index contributed by atoms with van der Waals surface area (Å²) < 4.78 is 7.45. The minimum atomic E-state index is -1.12. The lowest BCUT2D eigenvalue weighted by Gasteiger charge is -2.05. The summed E-state index contributed by atoms with van der Waals surface area (Å²) in [5, 5.41) is 15.3. The Kier molecular flexibility index (Phi) is 4.94. The molecule has 1 aromatic heterocycles. The fourth-order valence-electron chi connectivity index (χ4n) is 3.48. The molecule has 5 heteroatoms. The van der Waals surface area contributed by atoms with Crippen LogP contribution in [0.3, 0.4) is 0 Å². The summed E-state index contributed by atoms with van der Waals surface area (Å²) in [7, 11) is 0. The topological polar surface area (TPSA) is 59.6 Å². The van der Waals surface area contributed by atoms with E-state index < -0.39 is 6.29 Å². The van der Waals surface area contributed by atoms with Gasteiger partial charge in [-0.1, -0.05) is 66.2 Å². The summed E-state index contributed by atoms with van der Waals surface area (Å²) in [4.78, 5) is 4.55. The number of hydrogen-bond acceptors (Lipinski definition) is 4. The van der Waals surface area contributed by atoms with Gasteiger partial charge in [0.25, 0.3) is 0 Å². The van der Waals surface area contributed by atoms with Gasteiger partial charge >= 0.3 is 0 Å². The van der Waals surface area contributed by atoms with Crippen molar-refractivity contribution in [3.63, 3.8) is 0 Å². The molecular formula is C26H21N3O2. The minimum absolute atomic E-state index is 0.412. The molecule has 1 aliphatic rings. The highest BCUT2D eigenvalue weighted by Gasteiger charge is 2.25. The Bertz CT molecular complexity index is 1260. The molecule has 31 heavy (non-hydrogen) atoms.